The summed E-state index contributed by atoms with van der Waals surface area (Å²) in [7, 11) is 0. The Morgan fingerprint density at radius 1 is 0.882 bits per heavy atom. The molecule has 5 rings (SSSR count). The number of allylic oxidation sites excluding steroid dienone is 2. The van der Waals surface area contributed by atoms with Crippen LogP contribution in [0.3, 0.4) is 0 Å². The molecule has 9 unspecified atom stereocenters. The third-order valence-corrected chi connectivity index (χ3v) is 13.5. The number of carbonyl (C=O) groups excluding carboxylic acids is 1. The number of ether oxygens (including phenoxy) is 1. The molecule has 0 heterocycles. The number of hydrogen-bond donors (Lipinski definition) is 0. The van der Waals surface area contributed by atoms with Crippen molar-refractivity contribution < 1.29 is 9.53 Å². The van der Waals surface area contributed by atoms with Crippen LogP contribution < -0.4 is 0 Å². The summed E-state index contributed by atoms with van der Waals surface area (Å²) in [6, 6.07) is 0. The van der Waals surface area contributed by atoms with Gasteiger partial charge in [0.1, 0.15) is 5.76 Å². The van der Waals surface area contributed by atoms with Crippen molar-refractivity contribution in [2.75, 3.05) is 0 Å². The molecule has 5 aliphatic rings. The Bertz CT molecular complexity index is 883. The largest absolute Gasteiger partial charge is 0.431 e. The third-order valence-electron chi connectivity index (χ3n) is 13.5. The van der Waals surface area contributed by atoms with Crippen molar-refractivity contribution in [1.29, 1.82) is 0 Å². The van der Waals surface area contributed by atoms with Gasteiger partial charge in [-0.25, -0.2) is 0 Å². The molecule has 2 heteroatoms. The lowest BCUT2D eigenvalue weighted by molar-refractivity contribution is -0.230. The van der Waals surface area contributed by atoms with Gasteiger partial charge in [-0.2, -0.15) is 0 Å². The molecule has 4 saturated carbocycles. The van der Waals surface area contributed by atoms with Crippen molar-refractivity contribution >= 4 is 5.97 Å². The normalized spacial score (nSPS) is 51.6. The van der Waals surface area contributed by atoms with E-state index in [1.165, 1.54) is 51.4 Å². The summed E-state index contributed by atoms with van der Waals surface area (Å²) in [6.07, 6.45) is 14.6. The summed E-state index contributed by atoms with van der Waals surface area (Å²) in [4.78, 5) is 11.8. The van der Waals surface area contributed by atoms with Gasteiger partial charge in [-0.1, -0.05) is 55.4 Å². The van der Waals surface area contributed by atoms with Crippen molar-refractivity contribution in [3.8, 4) is 0 Å². The molecule has 0 aromatic rings. The molecule has 0 saturated heterocycles. The molecular formula is C32H52O2. The van der Waals surface area contributed by atoms with Crippen LogP contribution in [0.25, 0.3) is 0 Å². The second kappa shape index (κ2) is 7.61. The highest BCUT2D eigenvalue weighted by atomic mass is 16.5. The summed E-state index contributed by atoms with van der Waals surface area (Å²) in [5, 5.41) is 0. The highest BCUT2D eigenvalue weighted by Gasteiger charge is 2.70. The zero-order valence-electron chi connectivity index (χ0n) is 23.7. The molecular weight excluding hydrogens is 416 g/mol. The number of esters is 1. The van der Waals surface area contributed by atoms with E-state index < -0.39 is 0 Å². The minimum Gasteiger partial charge on any atom is -0.431 e. The van der Waals surface area contributed by atoms with Crippen molar-refractivity contribution in [1.82, 2.24) is 0 Å². The minimum atomic E-state index is -0.168. The molecule has 192 valence electrons. The van der Waals surface area contributed by atoms with Crippen molar-refractivity contribution in [2.45, 2.75) is 120 Å². The van der Waals surface area contributed by atoms with Gasteiger partial charge in [0.15, 0.2) is 0 Å². The van der Waals surface area contributed by atoms with Crippen LogP contribution in [-0.4, -0.2) is 5.97 Å². The van der Waals surface area contributed by atoms with Crippen LogP contribution in [0.5, 0.6) is 0 Å². The number of rotatable bonds is 2. The van der Waals surface area contributed by atoms with Gasteiger partial charge in [0.2, 0.25) is 0 Å². The van der Waals surface area contributed by atoms with E-state index in [-0.39, 0.29) is 11.4 Å². The van der Waals surface area contributed by atoms with Gasteiger partial charge in [0.05, 0.1) is 0 Å². The number of fused-ring (bicyclic) bond motifs is 7. The van der Waals surface area contributed by atoms with Crippen LogP contribution in [0.2, 0.25) is 0 Å². The molecule has 2 nitrogen and oxygen atoms in total. The van der Waals surface area contributed by atoms with Gasteiger partial charge in [0.25, 0.3) is 0 Å². The van der Waals surface area contributed by atoms with Gasteiger partial charge in [0, 0.05) is 12.3 Å². The van der Waals surface area contributed by atoms with E-state index in [2.05, 4.69) is 61.5 Å². The monoisotopic (exact) mass is 468 g/mol. The van der Waals surface area contributed by atoms with Crippen LogP contribution >= 0.6 is 0 Å². The maximum Gasteiger partial charge on any atom is 0.307 e. The zero-order chi connectivity index (χ0) is 24.9. The molecule has 0 aromatic carbocycles. The summed E-state index contributed by atoms with van der Waals surface area (Å²) >= 11 is 0. The summed E-state index contributed by atoms with van der Waals surface area (Å²) < 4.78 is 5.78. The molecule has 0 bridgehead atoms. The first-order valence-corrected chi connectivity index (χ1v) is 14.6. The Morgan fingerprint density at radius 3 is 2.24 bits per heavy atom. The first-order chi connectivity index (χ1) is 15.7. The molecule has 5 aliphatic carbocycles. The molecule has 4 fully saturated rings. The molecule has 0 radical (unpaired) electrons. The lowest BCUT2D eigenvalue weighted by Gasteiger charge is -2.72. The van der Waals surface area contributed by atoms with Gasteiger partial charge < -0.3 is 4.74 Å². The maximum atomic E-state index is 11.8. The second-order valence-corrected chi connectivity index (χ2v) is 15.4. The number of carbonyl (C=O) groups is 1. The standard InChI is InChI=1S/C32H52O2/c1-20(2)22-12-15-29(6)18-19-31(8)23(27(22)29)10-11-25-30(7)16-14-26(34-21(3)33)28(4,5)24(30)13-17-32(25,31)9/h14,20,22-25,27H,10-13,15-19H2,1-9H3. The predicted molar refractivity (Wildman–Crippen MR) is 140 cm³/mol. The lowest BCUT2D eigenvalue weighted by atomic mass is 9.32. The van der Waals surface area contributed by atoms with E-state index in [4.69, 9.17) is 4.74 Å². The van der Waals surface area contributed by atoms with Crippen molar-refractivity contribution in [2.24, 2.45) is 62.6 Å². The quantitative estimate of drug-likeness (QED) is 0.378. The van der Waals surface area contributed by atoms with E-state index in [1.807, 2.05) is 0 Å². The predicted octanol–water partition coefficient (Wildman–Crippen LogP) is 8.80. The Hall–Kier alpha value is -0.790. The van der Waals surface area contributed by atoms with Crippen LogP contribution in [-0.2, 0) is 9.53 Å². The summed E-state index contributed by atoms with van der Waals surface area (Å²) in [6.45, 7) is 22.0. The molecule has 0 aromatic heterocycles. The van der Waals surface area contributed by atoms with Gasteiger partial charge in [-0.3, -0.25) is 4.79 Å². The van der Waals surface area contributed by atoms with Gasteiger partial charge in [-0.15, -0.1) is 0 Å². The number of hydrogen-bond acceptors (Lipinski definition) is 2. The average Bonchev–Trinajstić information content (AvgIpc) is 3.08. The van der Waals surface area contributed by atoms with E-state index in [0.29, 0.717) is 27.6 Å². The highest BCUT2D eigenvalue weighted by molar-refractivity contribution is 5.67. The first kappa shape index (κ1) is 24.9. The lowest BCUT2D eigenvalue weighted by Crippen LogP contribution is -2.65. The Morgan fingerprint density at radius 2 is 1.59 bits per heavy atom. The van der Waals surface area contributed by atoms with E-state index in [9.17, 15) is 4.79 Å². The van der Waals surface area contributed by atoms with Crippen LogP contribution in [0.4, 0.5) is 0 Å². The Balaban J connectivity index is 1.52. The fourth-order valence-electron chi connectivity index (χ4n) is 11.7. The third kappa shape index (κ3) is 3.08. The van der Waals surface area contributed by atoms with Crippen LogP contribution in [0.15, 0.2) is 11.8 Å². The SMILES string of the molecule is CC(=O)OC1=CCC2(C)C(CCC3(C)C2CCC2C4C(C(C)C)CCC4(C)CCC23C)C1(C)C. The molecule has 0 spiro atoms. The van der Waals surface area contributed by atoms with Crippen LogP contribution in [0.1, 0.15) is 120 Å². The van der Waals surface area contributed by atoms with Crippen molar-refractivity contribution in [3.63, 3.8) is 0 Å². The fourth-order valence-corrected chi connectivity index (χ4v) is 11.7. The first-order valence-electron chi connectivity index (χ1n) is 14.6. The summed E-state index contributed by atoms with van der Waals surface area (Å²) in [5.41, 5.74) is 1.67. The molecule has 0 N–H and O–H groups in total. The second-order valence-electron chi connectivity index (χ2n) is 15.4. The molecule has 0 aliphatic heterocycles. The van der Waals surface area contributed by atoms with Gasteiger partial charge in [-0.05, 0) is 121 Å². The molecule has 0 amide bonds. The summed E-state index contributed by atoms with van der Waals surface area (Å²) in [5.74, 6) is 5.67. The Labute approximate surface area is 210 Å². The highest BCUT2D eigenvalue weighted by Crippen LogP contribution is 2.77. The van der Waals surface area contributed by atoms with E-state index >= 15 is 0 Å². The molecule has 34 heavy (non-hydrogen) atoms. The Kier molecular flexibility index (Phi) is 5.57. The van der Waals surface area contributed by atoms with Crippen molar-refractivity contribution in [3.05, 3.63) is 11.8 Å². The van der Waals surface area contributed by atoms with E-state index in [1.54, 1.807) is 6.92 Å². The fraction of sp³-hybridized carbons (Fsp3) is 0.906. The topological polar surface area (TPSA) is 26.3 Å². The minimum absolute atomic E-state index is 0.0723. The maximum absolute atomic E-state index is 11.8. The van der Waals surface area contributed by atoms with E-state index in [0.717, 1.165) is 41.8 Å². The van der Waals surface area contributed by atoms with Crippen LogP contribution in [0, 0.1) is 62.6 Å². The van der Waals surface area contributed by atoms with Gasteiger partial charge >= 0.3 is 5.97 Å². The smallest absolute Gasteiger partial charge is 0.307 e. The molecule has 9 atom stereocenters. The average molecular weight is 469 g/mol. The zero-order valence-corrected chi connectivity index (χ0v) is 23.7.